The highest BCUT2D eigenvalue weighted by molar-refractivity contribution is 8.00. The standard InChI is InChI=1S/C13H14N2O2S/c1-7-3-4-9-10(5-7)15-13(14-9)18-11-6-8(2)17-12(11)16/h3-5,8,11H,6H2,1-2H3,(H,14,15)/t8-,11-/m0/s1. The number of hydrogen-bond donors (Lipinski definition) is 1. The van der Waals surface area contributed by atoms with Crippen LogP contribution in [0, 0.1) is 6.92 Å². The van der Waals surface area contributed by atoms with Gasteiger partial charge in [-0.15, -0.1) is 0 Å². The number of carbonyl (C=O) groups excluding carboxylic acids is 1. The van der Waals surface area contributed by atoms with Gasteiger partial charge in [-0.05, 0) is 31.5 Å². The molecule has 2 atom stereocenters. The third-order valence-corrected chi connectivity index (χ3v) is 4.08. The molecular formula is C13H14N2O2S. The third-order valence-electron chi connectivity index (χ3n) is 3.00. The molecule has 0 bridgehead atoms. The molecule has 1 fully saturated rings. The first-order valence-corrected chi connectivity index (χ1v) is 6.83. The molecule has 18 heavy (non-hydrogen) atoms. The van der Waals surface area contributed by atoms with Gasteiger partial charge in [0.1, 0.15) is 11.4 Å². The van der Waals surface area contributed by atoms with Crippen molar-refractivity contribution < 1.29 is 9.53 Å². The fraction of sp³-hybridized carbons (Fsp3) is 0.385. The molecule has 1 aromatic carbocycles. The average molecular weight is 262 g/mol. The van der Waals surface area contributed by atoms with Crippen LogP contribution >= 0.6 is 11.8 Å². The molecule has 5 heteroatoms. The maximum atomic E-state index is 11.6. The lowest BCUT2D eigenvalue weighted by Crippen LogP contribution is -2.09. The number of carbonyl (C=O) groups is 1. The van der Waals surface area contributed by atoms with Crippen LogP contribution in [0.15, 0.2) is 23.4 Å². The number of aromatic amines is 1. The van der Waals surface area contributed by atoms with Crippen LogP contribution in [-0.4, -0.2) is 27.3 Å². The van der Waals surface area contributed by atoms with Crippen molar-refractivity contribution >= 4 is 28.8 Å². The number of aromatic nitrogens is 2. The number of ether oxygens (including phenoxy) is 1. The smallest absolute Gasteiger partial charge is 0.319 e. The Morgan fingerprint density at radius 2 is 2.33 bits per heavy atom. The molecule has 0 amide bonds. The summed E-state index contributed by atoms with van der Waals surface area (Å²) in [6, 6.07) is 6.08. The lowest BCUT2D eigenvalue weighted by Gasteiger charge is -2.00. The normalized spacial score (nSPS) is 23.6. The Morgan fingerprint density at radius 1 is 1.50 bits per heavy atom. The minimum absolute atomic E-state index is 0.0154. The van der Waals surface area contributed by atoms with E-state index in [-0.39, 0.29) is 17.3 Å². The molecule has 3 rings (SSSR count). The van der Waals surface area contributed by atoms with Crippen molar-refractivity contribution in [2.24, 2.45) is 0 Å². The molecule has 0 spiro atoms. The Morgan fingerprint density at radius 3 is 3.06 bits per heavy atom. The summed E-state index contributed by atoms with van der Waals surface area (Å²) in [5.74, 6) is -0.135. The van der Waals surface area contributed by atoms with Crippen molar-refractivity contribution in [2.75, 3.05) is 0 Å². The molecule has 4 nitrogen and oxygen atoms in total. The van der Waals surface area contributed by atoms with Crippen molar-refractivity contribution in [3.63, 3.8) is 0 Å². The van der Waals surface area contributed by atoms with Gasteiger partial charge in [-0.3, -0.25) is 4.79 Å². The van der Waals surface area contributed by atoms with Crippen LogP contribution in [0.3, 0.4) is 0 Å². The van der Waals surface area contributed by atoms with E-state index in [4.69, 9.17) is 4.74 Å². The molecule has 2 heterocycles. The summed E-state index contributed by atoms with van der Waals surface area (Å²) in [5, 5.41) is 0.647. The molecular weight excluding hydrogens is 248 g/mol. The summed E-state index contributed by atoms with van der Waals surface area (Å²) in [6.45, 7) is 3.96. The summed E-state index contributed by atoms with van der Waals surface area (Å²) < 4.78 is 5.14. The molecule has 2 aromatic rings. The summed E-state index contributed by atoms with van der Waals surface area (Å²) >= 11 is 1.45. The van der Waals surface area contributed by atoms with Gasteiger partial charge in [-0.1, -0.05) is 17.8 Å². The molecule has 1 N–H and O–H groups in total. The predicted molar refractivity (Wildman–Crippen MR) is 70.6 cm³/mol. The number of imidazole rings is 1. The van der Waals surface area contributed by atoms with Gasteiger partial charge in [0.15, 0.2) is 5.16 Å². The number of H-pyrrole nitrogens is 1. The number of fused-ring (bicyclic) bond motifs is 1. The number of thioether (sulfide) groups is 1. The van der Waals surface area contributed by atoms with E-state index >= 15 is 0 Å². The molecule has 0 radical (unpaired) electrons. The Balaban J connectivity index is 1.85. The van der Waals surface area contributed by atoms with Gasteiger partial charge in [0.25, 0.3) is 0 Å². The average Bonchev–Trinajstić information content (AvgIpc) is 2.82. The second-order valence-corrected chi connectivity index (χ2v) is 5.84. The molecule has 1 aliphatic rings. The van der Waals surface area contributed by atoms with Crippen LogP contribution in [0.4, 0.5) is 0 Å². The molecule has 0 saturated carbocycles. The van der Waals surface area contributed by atoms with E-state index in [1.54, 1.807) is 0 Å². The van der Waals surface area contributed by atoms with Crippen molar-refractivity contribution in [1.29, 1.82) is 0 Å². The minimum atomic E-state index is -0.137. The van der Waals surface area contributed by atoms with E-state index in [9.17, 15) is 4.79 Å². The SMILES string of the molecule is Cc1ccc2nc(S[C@H]3C[C@H](C)OC3=O)[nH]c2c1. The molecule has 1 aliphatic heterocycles. The van der Waals surface area contributed by atoms with Crippen LogP contribution < -0.4 is 0 Å². The first kappa shape index (κ1) is 11.6. The van der Waals surface area contributed by atoms with Gasteiger partial charge in [-0.2, -0.15) is 0 Å². The van der Waals surface area contributed by atoms with Crippen molar-refractivity contribution in [3.8, 4) is 0 Å². The Bertz CT molecular complexity index is 608. The lowest BCUT2D eigenvalue weighted by molar-refractivity contribution is -0.140. The number of esters is 1. The van der Waals surface area contributed by atoms with E-state index in [1.807, 2.05) is 26.0 Å². The first-order chi connectivity index (χ1) is 8.61. The number of cyclic esters (lactones) is 1. The summed E-state index contributed by atoms with van der Waals surface area (Å²) in [5.41, 5.74) is 3.14. The maximum absolute atomic E-state index is 11.6. The monoisotopic (exact) mass is 262 g/mol. The third kappa shape index (κ3) is 2.10. The van der Waals surface area contributed by atoms with Crippen molar-refractivity contribution in [1.82, 2.24) is 9.97 Å². The molecule has 0 aliphatic carbocycles. The number of aryl methyl sites for hydroxylation is 1. The highest BCUT2D eigenvalue weighted by atomic mass is 32.2. The van der Waals surface area contributed by atoms with Crippen LogP contribution in [0.2, 0.25) is 0 Å². The van der Waals surface area contributed by atoms with E-state index < -0.39 is 0 Å². The number of nitrogens with zero attached hydrogens (tertiary/aromatic N) is 1. The zero-order valence-corrected chi connectivity index (χ0v) is 11.1. The van der Waals surface area contributed by atoms with Crippen LogP contribution in [-0.2, 0) is 9.53 Å². The first-order valence-electron chi connectivity index (χ1n) is 5.95. The van der Waals surface area contributed by atoms with Crippen molar-refractivity contribution in [3.05, 3.63) is 23.8 Å². The van der Waals surface area contributed by atoms with Gasteiger partial charge in [-0.25, -0.2) is 4.98 Å². The number of nitrogens with one attached hydrogen (secondary N) is 1. The summed E-state index contributed by atoms with van der Waals surface area (Å²) in [7, 11) is 0. The Labute approximate surface area is 109 Å². The highest BCUT2D eigenvalue weighted by Crippen LogP contribution is 2.31. The van der Waals surface area contributed by atoms with E-state index in [0.29, 0.717) is 0 Å². The largest absolute Gasteiger partial charge is 0.462 e. The van der Waals surface area contributed by atoms with Crippen LogP contribution in [0.1, 0.15) is 18.9 Å². The van der Waals surface area contributed by atoms with Gasteiger partial charge in [0, 0.05) is 6.42 Å². The quantitative estimate of drug-likeness (QED) is 0.845. The van der Waals surface area contributed by atoms with E-state index in [2.05, 4.69) is 16.0 Å². The van der Waals surface area contributed by atoms with Crippen LogP contribution in [0.5, 0.6) is 0 Å². The zero-order chi connectivity index (χ0) is 12.7. The van der Waals surface area contributed by atoms with Crippen LogP contribution in [0.25, 0.3) is 11.0 Å². The molecule has 1 saturated heterocycles. The second-order valence-electron chi connectivity index (χ2n) is 4.65. The number of benzene rings is 1. The van der Waals surface area contributed by atoms with Gasteiger partial charge in [0.2, 0.25) is 0 Å². The zero-order valence-electron chi connectivity index (χ0n) is 10.3. The summed E-state index contributed by atoms with van der Waals surface area (Å²) in [4.78, 5) is 19.3. The van der Waals surface area contributed by atoms with E-state index in [1.165, 1.54) is 17.3 Å². The second kappa shape index (κ2) is 4.31. The fourth-order valence-corrected chi connectivity index (χ4v) is 3.22. The lowest BCUT2D eigenvalue weighted by atomic mass is 10.2. The Kier molecular flexibility index (Phi) is 2.78. The maximum Gasteiger partial charge on any atom is 0.319 e. The van der Waals surface area contributed by atoms with Gasteiger partial charge in [0.05, 0.1) is 11.0 Å². The van der Waals surface area contributed by atoms with Crippen molar-refractivity contribution in [2.45, 2.75) is 36.8 Å². The molecule has 1 aromatic heterocycles. The van der Waals surface area contributed by atoms with Gasteiger partial charge < -0.3 is 9.72 Å². The highest BCUT2D eigenvalue weighted by Gasteiger charge is 2.33. The minimum Gasteiger partial charge on any atom is -0.462 e. The summed E-state index contributed by atoms with van der Waals surface area (Å²) in [6.07, 6.45) is 0.765. The topological polar surface area (TPSA) is 55.0 Å². The van der Waals surface area contributed by atoms with E-state index in [0.717, 1.165) is 22.6 Å². The Hall–Kier alpha value is -1.49. The predicted octanol–water partition coefficient (Wildman–Crippen LogP) is 2.67. The number of rotatable bonds is 2. The number of hydrogen-bond acceptors (Lipinski definition) is 4. The molecule has 94 valence electrons. The fourth-order valence-electron chi connectivity index (χ4n) is 2.11. The van der Waals surface area contributed by atoms with Gasteiger partial charge >= 0.3 is 5.97 Å². The molecule has 0 unspecified atom stereocenters.